The Morgan fingerprint density at radius 3 is 2.34 bits per heavy atom. The Kier molecular flexibility index (Phi) is 11.5. The van der Waals surface area contributed by atoms with Gasteiger partial charge in [0.25, 0.3) is 5.56 Å². The molecule has 3 heterocycles. The normalized spacial score (nSPS) is 15.1. The van der Waals surface area contributed by atoms with Crippen molar-refractivity contribution in [3.05, 3.63) is 51.7 Å². The molecule has 244 valence electrons. The van der Waals surface area contributed by atoms with E-state index in [1.807, 2.05) is 0 Å². The van der Waals surface area contributed by atoms with Crippen LogP contribution in [-0.2, 0) is 33.5 Å². The number of nitrogens with zero attached hydrogens (tertiary/aromatic N) is 5. The molecule has 0 bridgehead atoms. The molecule has 1 unspecified atom stereocenters. The zero-order chi connectivity index (χ0) is 32.7. The molecule has 44 heavy (non-hydrogen) atoms. The van der Waals surface area contributed by atoms with Crippen molar-refractivity contribution in [2.24, 2.45) is 0 Å². The zero-order valence-corrected chi connectivity index (χ0v) is 25.7. The first-order valence-electron chi connectivity index (χ1n) is 13.7. The van der Waals surface area contributed by atoms with Crippen molar-refractivity contribution in [1.29, 1.82) is 0 Å². The van der Waals surface area contributed by atoms with Crippen molar-refractivity contribution in [3.8, 4) is 0 Å². The van der Waals surface area contributed by atoms with Crippen LogP contribution in [0.2, 0.25) is 25.7 Å². The van der Waals surface area contributed by atoms with Crippen LogP contribution in [0.5, 0.6) is 0 Å². The van der Waals surface area contributed by atoms with E-state index in [1.54, 1.807) is 11.0 Å². The molecule has 2 aromatic rings. The molecule has 2 N–H and O–H groups in total. The van der Waals surface area contributed by atoms with Crippen LogP contribution in [0.4, 0.5) is 38.0 Å². The third kappa shape index (κ3) is 10.6. The molecule has 1 atom stereocenters. The summed E-state index contributed by atoms with van der Waals surface area (Å²) in [4.78, 5) is 39.2. The van der Waals surface area contributed by atoms with Crippen molar-refractivity contribution in [2.45, 2.75) is 70.6 Å². The highest BCUT2D eigenvalue weighted by atomic mass is 28.3. The number of hydrogen-bond acceptors (Lipinski definition) is 9. The number of halogens is 6. The van der Waals surface area contributed by atoms with Gasteiger partial charge in [0, 0.05) is 52.6 Å². The summed E-state index contributed by atoms with van der Waals surface area (Å²) in [5, 5.41) is 6.37. The Hall–Kier alpha value is -3.51. The quantitative estimate of drug-likeness (QED) is 0.106. The van der Waals surface area contributed by atoms with Gasteiger partial charge in [0.2, 0.25) is 11.9 Å². The molecule has 0 saturated heterocycles. The Bertz CT molecular complexity index is 1360. The fraction of sp³-hybridized carbons (Fsp3) is 0.577. The van der Waals surface area contributed by atoms with Crippen molar-refractivity contribution in [1.82, 2.24) is 25.2 Å². The van der Waals surface area contributed by atoms with Gasteiger partial charge in [-0.1, -0.05) is 31.3 Å². The van der Waals surface area contributed by atoms with E-state index in [-0.39, 0.29) is 25.5 Å². The van der Waals surface area contributed by atoms with E-state index in [1.165, 1.54) is 6.92 Å². The van der Waals surface area contributed by atoms with Gasteiger partial charge in [-0.15, -0.1) is 0 Å². The van der Waals surface area contributed by atoms with Crippen molar-refractivity contribution in [2.75, 3.05) is 36.5 Å². The van der Waals surface area contributed by atoms with E-state index in [2.05, 4.69) is 45.5 Å². The van der Waals surface area contributed by atoms with Crippen LogP contribution in [0.25, 0.3) is 0 Å². The molecular weight excluding hydrogens is 616 g/mol. The maximum atomic E-state index is 13.8. The topological polar surface area (TPSA) is 124 Å². The predicted molar refractivity (Wildman–Crippen MR) is 151 cm³/mol. The van der Waals surface area contributed by atoms with Gasteiger partial charge >= 0.3 is 12.4 Å². The SMILES string of the molecule is CC(CONC(=O)CC1=CCN(c2ncc(C(F)(F)F)cn2)CC1)Nc1cnn(COCC[Si](C)(C)C)c(=O)c1C(F)(F)F. The van der Waals surface area contributed by atoms with Crippen LogP contribution in [-0.4, -0.2) is 66.1 Å². The average molecular weight is 652 g/mol. The lowest BCUT2D eigenvalue weighted by Gasteiger charge is -2.26. The summed E-state index contributed by atoms with van der Waals surface area (Å²) >= 11 is 0. The lowest BCUT2D eigenvalue weighted by molar-refractivity contribution is -0.139. The van der Waals surface area contributed by atoms with Crippen molar-refractivity contribution in [3.63, 3.8) is 0 Å². The summed E-state index contributed by atoms with van der Waals surface area (Å²) in [5.41, 5.74) is -1.26. The van der Waals surface area contributed by atoms with Gasteiger partial charge in [0.05, 0.1) is 24.1 Å². The average Bonchev–Trinajstić information content (AvgIpc) is 2.91. The molecule has 18 heteroatoms. The Morgan fingerprint density at radius 1 is 1.09 bits per heavy atom. The minimum atomic E-state index is -4.96. The number of ether oxygens (including phenoxy) is 1. The van der Waals surface area contributed by atoms with Gasteiger partial charge in [-0.2, -0.15) is 31.4 Å². The van der Waals surface area contributed by atoms with Gasteiger partial charge in [-0.05, 0) is 19.4 Å². The number of hydrogen-bond donors (Lipinski definition) is 2. The number of amides is 1. The molecule has 0 spiro atoms. The lowest BCUT2D eigenvalue weighted by Crippen LogP contribution is -2.35. The molecule has 3 rings (SSSR count). The molecule has 11 nitrogen and oxygen atoms in total. The molecular formula is C26H35F6N7O4Si. The number of hydroxylamine groups is 1. The van der Waals surface area contributed by atoms with Crippen LogP contribution in [0.1, 0.15) is 30.9 Å². The van der Waals surface area contributed by atoms with Gasteiger partial charge < -0.3 is 15.0 Å². The second-order valence-electron chi connectivity index (χ2n) is 11.5. The molecule has 1 amide bonds. The summed E-state index contributed by atoms with van der Waals surface area (Å²) in [6.07, 6.45) is -5.03. The van der Waals surface area contributed by atoms with E-state index in [0.717, 1.165) is 17.8 Å². The summed E-state index contributed by atoms with van der Waals surface area (Å²) in [6, 6.07) is 0.0200. The fourth-order valence-electron chi connectivity index (χ4n) is 3.97. The fourth-order valence-corrected chi connectivity index (χ4v) is 4.73. The number of rotatable bonds is 13. The van der Waals surface area contributed by atoms with Crippen LogP contribution in [0, 0.1) is 0 Å². The van der Waals surface area contributed by atoms with Crippen molar-refractivity contribution < 1.29 is 40.7 Å². The zero-order valence-electron chi connectivity index (χ0n) is 24.7. The number of nitrogens with one attached hydrogen (secondary N) is 2. The van der Waals surface area contributed by atoms with Crippen LogP contribution >= 0.6 is 0 Å². The smallest absolute Gasteiger partial charge is 0.378 e. The van der Waals surface area contributed by atoms with E-state index in [4.69, 9.17) is 9.57 Å². The molecule has 0 saturated carbocycles. The van der Waals surface area contributed by atoms with Gasteiger partial charge in [0.15, 0.2) is 0 Å². The Labute approximate surface area is 250 Å². The first kappa shape index (κ1) is 35.0. The van der Waals surface area contributed by atoms with E-state index >= 15 is 0 Å². The summed E-state index contributed by atoms with van der Waals surface area (Å²) in [6.45, 7) is 8.19. The molecule has 0 aromatic carbocycles. The van der Waals surface area contributed by atoms with E-state index in [0.29, 0.717) is 36.6 Å². The second-order valence-corrected chi connectivity index (χ2v) is 17.1. The highest BCUT2D eigenvalue weighted by Crippen LogP contribution is 2.32. The molecule has 0 fully saturated rings. The summed E-state index contributed by atoms with van der Waals surface area (Å²) in [5.74, 6) is -0.369. The molecule has 2 aromatic heterocycles. The number of alkyl halides is 6. The van der Waals surface area contributed by atoms with E-state index in [9.17, 15) is 35.9 Å². The third-order valence-corrected chi connectivity index (χ3v) is 8.10. The number of aromatic nitrogens is 4. The van der Waals surface area contributed by atoms with Gasteiger partial charge in [0.1, 0.15) is 12.3 Å². The first-order chi connectivity index (χ1) is 20.4. The molecule has 0 aliphatic carbocycles. The third-order valence-electron chi connectivity index (χ3n) is 6.40. The highest BCUT2D eigenvalue weighted by molar-refractivity contribution is 6.76. The number of carbonyl (C=O) groups is 1. The minimum absolute atomic E-state index is 0.0239. The second kappa shape index (κ2) is 14.5. The van der Waals surface area contributed by atoms with Crippen LogP contribution in [0.3, 0.4) is 0 Å². The molecule has 1 aliphatic heterocycles. The largest absolute Gasteiger partial charge is 0.423 e. The van der Waals surface area contributed by atoms with Gasteiger partial charge in [-0.25, -0.2) is 20.1 Å². The Morgan fingerprint density at radius 2 is 1.77 bits per heavy atom. The lowest BCUT2D eigenvalue weighted by atomic mass is 10.0. The number of anilines is 2. The number of carbonyl (C=O) groups excluding carboxylic acids is 1. The summed E-state index contributed by atoms with van der Waals surface area (Å²) < 4.78 is 85.5. The monoisotopic (exact) mass is 651 g/mol. The highest BCUT2D eigenvalue weighted by Gasteiger charge is 2.38. The van der Waals surface area contributed by atoms with Crippen LogP contribution in [0.15, 0.2) is 35.0 Å². The first-order valence-corrected chi connectivity index (χ1v) is 17.4. The maximum absolute atomic E-state index is 13.8. The predicted octanol–water partition coefficient (Wildman–Crippen LogP) is 4.46. The Balaban J connectivity index is 1.47. The van der Waals surface area contributed by atoms with Gasteiger partial charge in [-0.3, -0.25) is 14.4 Å². The standard InChI is InChI=1S/C26H35F6N7O4Si/c1-17(36-20-14-35-39(16-42-9-10-44(2,3)4)23(41)22(20)26(30,31)32)15-43-37-21(40)11-18-5-7-38(8-6-18)24-33-12-19(13-34-24)25(27,28)29/h5,12-14,17,36H,6-11,15-16H2,1-4H3,(H,37,40). The summed E-state index contributed by atoms with van der Waals surface area (Å²) in [7, 11) is -1.42. The molecule has 0 radical (unpaired) electrons. The molecule has 1 aliphatic rings. The maximum Gasteiger partial charge on any atom is 0.423 e. The van der Waals surface area contributed by atoms with Crippen LogP contribution < -0.4 is 21.3 Å². The van der Waals surface area contributed by atoms with Crippen molar-refractivity contribution >= 4 is 25.6 Å². The minimum Gasteiger partial charge on any atom is -0.378 e. The van der Waals surface area contributed by atoms with E-state index < -0.39 is 61.5 Å².